The predicted molar refractivity (Wildman–Crippen MR) is 114 cm³/mol. The van der Waals surface area contributed by atoms with Gasteiger partial charge in [-0.05, 0) is 31.0 Å². The normalized spacial score (nSPS) is 12.1. The monoisotopic (exact) mass is 448 g/mol. The lowest BCUT2D eigenvalue weighted by atomic mass is 9.95. The fraction of sp³-hybridized carbons (Fsp3) is 0.136. The number of pyridine rings is 1. The van der Waals surface area contributed by atoms with E-state index in [1.165, 1.54) is 22.9 Å². The number of anilines is 1. The van der Waals surface area contributed by atoms with Crippen LogP contribution in [0.2, 0.25) is 0 Å². The molecule has 1 aliphatic rings. The molecule has 158 valence electrons. The van der Waals surface area contributed by atoms with Crippen LogP contribution in [-0.2, 0) is 17.6 Å². The van der Waals surface area contributed by atoms with Crippen LogP contribution in [0, 0.1) is 23.0 Å². The lowest BCUT2D eigenvalue weighted by molar-refractivity contribution is -0.114. The molecule has 0 aliphatic heterocycles. The first kappa shape index (κ1) is 20.0. The van der Waals surface area contributed by atoms with Crippen LogP contribution in [-0.4, -0.2) is 25.7 Å². The number of nitrogens with one attached hydrogen (secondary N) is 1. The molecule has 1 N–H and O–H groups in total. The number of aromatic nitrogens is 4. The van der Waals surface area contributed by atoms with Crippen molar-refractivity contribution < 1.29 is 13.6 Å². The molecule has 4 aromatic rings. The van der Waals surface area contributed by atoms with E-state index in [-0.39, 0.29) is 17.2 Å². The Labute approximate surface area is 185 Å². The Hall–Kier alpha value is -3.97. The van der Waals surface area contributed by atoms with Crippen LogP contribution in [0.3, 0.4) is 0 Å². The molecule has 1 amide bonds. The van der Waals surface area contributed by atoms with E-state index in [4.69, 9.17) is 0 Å². The van der Waals surface area contributed by atoms with Gasteiger partial charge in [-0.1, -0.05) is 11.3 Å². The van der Waals surface area contributed by atoms with E-state index in [0.29, 0.717) is 35.4 Å². The summed E-state index contributed by atoms with van der Waals surface area (Å²) in [5.74, 6) is -2.03. The van der Waals surface area contributed by atoms with E-state index < -0.39 is 11.6 Å². The highest BCUT2D eigenvalue weighted by molar-refractivity contribution is 7.19. The topological polar surface area (TPSA) is 96.5 Å². The Morgan fingerprint density at radius 1 is 1.28 bits per heavy atom. The van der Waals surface area contributed by atoms with E-state index >= 15 is 0 Å². The summed E-state index contributed by atoms with van der Waals surface area (Å²) in [6.45, 7) is 1.40. The molecule has 10 heteroatoms. The van der Waals surface area contributed by atoms with Crippen LogP contribution in [0.1, 0.15) is 23.7 Å². The highest BCUT2D eigenvalue weighted by Gasteiger charge is 2.31. The second-order valence-electron chi connectivity index (χ2n) is 7.20. The standard InChI is InChI=1S/C22H14F2N6OS/c1-11(31)27-22-28-17-5-4-14-19(12-3-2-6-26-10-12)29-30(20(14)21(17)32-22)18-7-13(9-25)15(23)8-16(18)24/h2-3,6-8,10H,4-5H2,1H3,(H,27,28,31). The minimum atomic E-state index is -0.936. The third-order valence-corrected chi connectivity index (χ3v) is 6.13. The Balaban J connectivity index is 1.79. The maximum absolute atomic E-state index is 14.9. The number of aryl methyl sites for hydroxylation is 1. The van der Waals surface area contributed by atoms with Crippen LogP contribution in [0.5, 0.6) is 0 Å². The number of benzene rings is 1. The van der Waals surface area contributed by atoms with Gasteiger partial charge in [-0.3, -0.25) is 9.78 Å². The molecule has 0 saturated heterocycles. The maximum Gasteiger partial charge on any atom is 0.223 e. The molecular formula is C22H14F2N6OS. The van der Waals surface area contributed by atoms with E-state index in [2.05, 4.69) is 20.4 Å². The zero-order valence-corrected chi connectivity index (χ0v) is 17.5. The first-order valence-corrected chi connectivity index (χ1v) is 10.5. The Bertz CT molecular complexity index is 1420. The van der Waals surface area contributed by atoms with Crippen LogP contribution >= 0.6 is 11.3 Å². The number of fused-ring (bicyclic) bond motifs is 3. The fourth-order valence-electron chi connectivity index (χ4n) is 3.77. The van der Waals surface area contributed by atoms with Crippen molar-refractivity contribution in [3.05, 3.63) is 65.1 Å². The molecule has 0 bridgehead atoms. The SMILES string of the molecule is CC(=O)Nc1nc2c(s1)-c1c(c(-c3cccnc3)nn1-c1cc(C#N)c(F)cc1F)CC2. The third kappa shape index (κ3) is 3.23. The molecule has 0 atom stereocenters. The smallest absolute Gasteiger partial charge is 0.223 e. The number of nitrogens with zero attached hydrogens (tertiary/aromatic N) is 5. The fourth-order valence-corrected chi connectivity index (χ4v) is 4.88. The molecule has 7 nitrogen and oxygen atoms in total. The van der Waals surface area contributed by atoms with Crippen molar-refractivity contribution in [1.82, 2.24) is 19.7 Å². The van der Waals surface area contributed by atoms with Crippen molar-refractivity contribution in [2.75, 3.05) is 5.32 Å². The number of nitriles is 1. The highest BCUT2D eigenvalue weighted by atomic mass is 32.1. The van der Waals surface area contributed by atoms with Crippen LogP contribution in [0.25, 0.3) is 27.5 Å². The molecule has 5 rings (SSSR count). The lowest BCUT2D eigenvalue weighted by Gasteiger charge is -2.14. The lowest BCUT2D eigenvalue weighted by Crippen LogP contribution is -2.08. The number of thiazole rings is 1. The number of hydrogen-bond acceptors (Lipinski definition) is 6. The number of halogens is 2. The summed E-state index contributed by atoms with van der Waals surface area (Å²) in [4.78, 5) is 20.9. The Morgan fingerprint density at radius 3 is 2.84 bits per heavy atom. The Kier molecular flexibility index (Phi) is 4.75. The van der Waals surface area contributed by atoms with Gasteiger partial charge in [-0.15, -0.1) is 0 Å². The van der Waals surface area contributed by atoms with E-state index in [1.807, 2.05) is 6.07 Å². The van der Waals surface area contributed by atoms with E-state index in [1.54, 1.807) is 24.5 Å². The summed E-state index contributed by atoms with van der Waals surface area (Å²) in [5.41, 5.74) is 3.27. The van der Waals surface area contributed by atoms with Gasteiger partial charge < -0.3 is 5.32 Å². The van der Waals surface area contributed by atoms with Gasteiger partial charge >= 0.3 is 0 Å². The number of amides is 1. The molecule has 0 unspecified atom stereocenters. The molecule has 3 aromatic heterocycles. The molecule has 0 fully saturated rings. The van der Waals surface area contributed by atoms with E-state index in [9.17, 15) is 18.8 Å². The molecular weight excluding hydrogens is 434 g/mol. The highest BCUT2D eigenvalue weighted by Crippen LogP contribution is 2.44. The van der Waals surface area contributed by atoms with Gasteiger partial charge in [0.05, 0.1) is 27.5 Å². The van der Waals surface area contributed by atoms with Crippen molar-refractivity contribution in [1.29, 1.82) is 5.26 Å². The van der Waals surface area contributed by atoms with Gasteiger partial charge in [0.1, 0.15) is 17.6 Å². The van der Waals surface area contributed by atoms with Gasteiger partial charge in [0, 0.05) is 36.5 Å². The number of carbonyl (C=O) groups excluding carboxylic acids is 1. The average molecular weight is 448 g/mol. The van der Waals surface area contributed by atoms with Crippen molar-refractivity contribution in [2.24, 2.45) is 0 Å². The van der Waals surface area contributed by atoms with Crippen molar-refractivity contribution in [3.63, 3.8) is 0 Å². The van der Waals surface area contributed by atoms with Gasteiger partial charge in [-0.2, -0.15) is 10.4 Å². The quantitative estimate of drug-likeness (QED) is 0.505. The van der Waals surface area contributed by atoms with Gasteiger partial charge in [0.15, 0.2) is 10.9 Å². The summed E-state index contributed by atoms with van der Waals surface area (Å²) in [7, 11) is 0. The number of carbonyl (C=O) groups is 1. The summed E-state index contributed by atoms with van der Waals surface area (Å²) < 4.78 is 30.3. The van der Waals surface area contributed by atoms with Crippen molar-refractivity contribution in [2.45, 2.75) is 19.8 Å². The molecule has 0 saturated carbocycles. The van der Waals surface area contributed by atoms with Gasteiger partial charge in [0.25, 0.3) is 0 Å². The zero-order chi connectivity index (χ0) is 22.4. The van der Waals surface area contributed by atoms with Crippen LogP contribution in [0.4, 0.5) is 13.9 Å². The summed E-state index contributed by atoms with van der Waals surface area (Å²) in [6, 6.07) is 7.21. The minimum Gasteiger partial charge on any atom is -0.302 e. The molecule has 3 heterocycles. The van der Waals surface area contributed by atoms with Crippen LogP contribution < -0.4 is 5.32 Å². The van der Waals surface area contributed by atoms with Crippen molar-refractivity contribution in [3.8, 4) is 33.6 Å². The van der Waals surface area contributed by atoms with Crippen LogP contribution in [0.15, 0.2) is 36.7 Å². The molecule has 1 aliphatic carbocycles. The second kappa shape index (κ2) is 7.62. The zero-order valence-electron chi connectivity index (χ0n) is 16.7. The maximum atomic E-state index is 14.9. The average Bonchev–Trinajstić information content (AvgIpc) is 3.35. The molecule has 1 aromatic carbocycles. The number of hydrogen-bond donors (Lipinski definition) is 1. The van der Waals surface area contributed by atoms with Crippen molar-refractivity contribution >= 4 is 22.4 Å². The number of rotatable bonds is 3. The minimum absolute atomic E-state index is 0.0448. The first-order valence-electron chi connectivity index (χ1n) is 9.65. The largest absolute Gasteiger partial charge is 0.302 e. The second-order valence-corrected chi connectivity index (χ2v) is 8.20. The Morgan fingerprint density at radius 2 is 2.12 bits per heavy atom. The summed E-state index contributed by atoms with van der Waals surface area (Å²) in [6.07, 6.45) is 4.52. The van der Waals surface area contributed by atoms with E-state index in [0.717, 1.165) is 27.8 Å². The third-order valence-electron chi connectivity index (χ3n) is 5.11. The first-order chi connectivity index (χ1) is 15.5. The summed E-state index contributed by atoms with van der Waals surface area (Å²) >= 11 is 1.26. The van der Waals surface area contributed by atoms with Gasteiger partial charge in [0.2, 0.25) is 5.91 Å². The predicted octanol–water partition coefficient (Wildman–Crippen LogP) is 4.26. The molecule has 32 heavy (non-hydrogen) atoms. The van der Waals surface area contributed by atoms with Gasteiger partial charge in [-0.25, -0.2) is 18.4 Å². The summed E-state index contributed by atoms with van der Waals surface area (Å²) in [5, 5.41) is 17.0. The molecule has 0 spiro atoms. The molecule has 0 radical (unpaired) electrons.